The normalized spacial score (nSPS) is 12.1. The Morgan fingerprint density at radius 2 is 1.72 bits per heavy atom. The van der Waals surface area contributed by atoms with E-state index in [9.17, 15) is 0 Å². The van der Waals surface area contributed by atoms with Gasteiger partial charge in [0.25, 0.3) is 0 Å². The predicted octanol–water partition coefficient (Wildman–Crippen LogP) is 1.76. The van der Waals surface area contributed by atoms with E-state index >= 15 is 0 Å². The Bertz CT molecular complexity index is 396. The molecule has 1 atom stereocenters. The quantitative estimate of drug-likeness (QED) is 0.784. The zero-order valence-electron chi connectivity index (χ0n) is 11.7. The van der Waals surface area contributed by atoms with Gasteiger partial charge in [0, 0.05) is 32.3 Å². The number of nitrogens with two attached hydrogens (primary N) is 1. The van der Waals surface area contributed by atoms with E-state index in [-0.39, 0.29) is 6.04 Å². The molecule has 2 N–H and O–H groups in total. The van der Waals surface area contributed by atoms with Crippen LogP contribution in [0.5, 0.6) is 11.5 Å². The molecule has 0 aromatic heterocycles. The summed E-state index contributed by atoms with van der Waals surface area (Å²) in [6.07, 6.45) is 0. The first-order valence-electron chi connectivity index (χ1n) is 5.78. The summed E-state index contributed by atoms with van der Waals surface area (Å²) in [5.74, 6) is 1.30. The molecule has 5 nitrogen and oxygen atoms in total. The van der Waals surface area contributed by atoms with Gasteiger partial charge in [0.1, 0.15) is 0 Å². The summed E-state index contributed by atoms with van der Waals surface area (Å²) < 4.78 is 15.6. The number of methoxy groups -OCH3 is 3. The molecule has 102 valence electrons. The monoisotopic (exact) mass is 254 g/mol. The lowest BCUT2D eigenvalue weighted by molar-refractivity contribution is 0.183. The maximum absolute atomic E-state index is 6.04. The Morgan fingerprint density at radius 3 is 2.22 bits per heavy atom. The molecule has 1 unspecified atom stereocenters. The van der Waals surface area contributed by atoms with Crippen molar-refractivity contribution in [3.63, 3.8) is 0 Å². The summed E-state index contributed by atoms with van der Waals surface area (Å²) in [4.78, 5) is 2.06. The van der Waals surface area contributed by atoms with Crippen molar-refractivity contribution in [1.29, 1.82) is 0 Å². The van der Waals surface area contributed by atoms with Gasteiger partial charge in [-0.25, -0.2) is 0 Å². The fourth-order valence-electron chi connectivity index (χ4n) is 1.78. The standard InChI is InChI=1S/C13H22N2O3/c1-9(8-16-3)15(2)11-7-13(18-5)12(17-4)6-10(11)14/h6-7,9H,8,14H2,1-5H3. The van der Waals surface area contributed by atoms with E-state index in [4.69, 9.17) is 19.9 Å². The van der Waals surface area contributed by atoms with Gasteiger partial charge in [-0.05, 0) is 6.92 Å². The topological polar surface area (TPSA) is 57.0 Å². The third-order valence-corrected chi connectivity index (χ3v) is 2.98. The number of hydrogen-bond acceptors (Lipinski definition) is 5. The molecule has 0 radical (unpaired) electrons. The van der Waals surface area contributed by atoms with Crippen LogP contribution in [0.3, 0.4) is 0 Å². The van der Waals surface area contributed by atoms with E-state index in [1.165, 1.54) is 0 Å². The van der Waals surface area contributed by atoms with Gasteiger partial charge in [0.2, 0.25) is 0 Å². The molecule has 0 saturated carbocycles. The SMILES string of the molecule is COCC(C)N(C)c1cc(OC)c(OC)cc1N. The minimum absolute atomic E-state index is 0.218. The van der Waals surface area contributed by atoms with Crippen molar-refractivity contribution < 1.29 is 14.2 Å². The highest BCUT2D eigenvalue weighted by atomic mass is 16.5. The van der Waals surface area contributed by atoms with Crippen LogP contribution in [-0.2, 0) is 4.74 Å². The fraction of sp³-hybridized carbons (Fsp3) is 0.538. The number of nitrogen functional groups attached to an aromatic ring is 1. The second-order valence-corrected chi connectivity index (χ2v) is 4.18. The highest BCUT2D eigenvalue weighted by Crippen LogP contribution is 2.36. The fourth-order valence-corrected chi connectivity index (χ4v) is 1.78. The molecule has 0 saturated heterocycles. The van der Waals surface area contributed by atoms with Gasteiger partial charge in [0.05, 0.1) is 32.2 Å². The number of benzene rings is 1. The van der Waals surface area contributed by atoms with Crippen molar-refractivity contribution in [2.75, 3.05) is 45.6 Å². The van der Waals surface area contributed by atoms with Crippen molar-refractivity contribution >= 4 is 11.4 Å². The summed E-state index contributed by atoms with van der Waals surface area (Å²) in [6, 6.07) is 3.86. The molecule has 0 heterocycles. The molecule has 0 spiro atoms. The van der Waals surface area contributed by atoms with Crippen molar-refractivity contribution in [3.05, 3.63) is 12.1 Å². The van der Waals surface area contributed by atoms with Crippen LogP contribution in [-0.4, -0.2) is 41.0 Å². The molecule has 1 aromatic rings. The maximum Gasteiger partial charge on any atom is 0.162 e. The molecular weight excluding hydrogens is 232 g/mol. The van der Waals surface area contributed by atoms with Gasteiger partial charge >= 0.3 is 0 Å². The first kappa shape index (κ1) is 14.4. The third-order valence-electron chi connectivity index (χ3n) is 2.98. The zero-order chi connectivity index (χ0) is 13.7. The first-order chi connectivity index (χ1) is 8.54. The van der Waals surface area contributed by atoms with Gasteiger partial charge in [-0.3, -0.25) is 0 Å². The summed E-state index contributed by atoms with van der Waals surface area (Å²) >= 11 is 0. The van der Waals surface area contributed by atoms with Crippen LogP contribution in [0.4, 0.5) is 11.4 Å². The summed E-state index contributed by atoms with van der Waals surface area (Å²) in [6.45, 7) is 2.70. The maximum atomic E-state index is 6.04. The Morgan fingerprint density at radius 1 is 1.17 bits per heavy atom. The average Bonchev–Trinajstić information content (AvgIpc) is 2.37. The van der Waals surface area contributed by atoms with E-state index in [1.54, 1.807) is 27.4 Å². The number of rotatable bonds is 6. The number of likely N-dealkylation sites (N-methyl/N-ethyl adjacent to an activating group) is 1. The molecule has 0 aliphatic carbocycles. The van der Waals surface area contributed by atoms with Crippen molar-refractivity contribution in [1.82, 2.24) is 0 Å². The summed E-state index contributed by atoms with van der Waals surface area (Å²) in [5, 5.41) is 0. The Kier molecular flexibility index (Phi) is 5.09. The second kappa shape index (κ2) is 6.35. The third kappa shape index (κ3) is 2.98. The van der Waals surface area contributed by atoms with Gasteiger partial charge in [-0.15, -0.1) is 0 Å². The van der Waals surface area contributed by atoms with Crippen LogP contribution in [0.1, 0.15) is 6.92 Å². The highest BCUT2D eigenvalue weighted by Gasteiger charge is 2.16. The number of anilines is 2. The molecule has 0 amide bonds. The summed E-state index contributed by atoms with van der Waals surface area (Å²) in [5.41, 5.74) is 7.59. The van der Waals surface area contributed by atoms with Crippen molar-refractivity contribution in [3.8, 4) is 11.5 Å². The Labute approximate surface area is 108 Å². The molecule has 0 aliphatic rings. The van der Waals surface area contributed by atoms with E-state index in [2.05, 4.69) is 11.8 Å². The summed E-state index contributed by atoms with van der Waals surface area (Å²) in [7, 11) is 6.86. The average molecular weight is 254 g/mol. The van der Waals surface area contributed by atoms with Crippen LogP contribution in [0.15, 0.2) is 12.1 Å². The van der Waals surface area contributed by atoms with E-state index in [0.29, 0.717) is 23.8 Å². The highest BCUT2D eigenvalue weighted by molar-refractivity contribution is 5.73. The van der Waals surface area contributed by atoms with Crippen LogP contribution >= 0.6 is 0 Å². The number of nitrogens with zero attached hydrogens (tertiary/aromatic N) is 1. The molecule has 0 bridgehead atoms. The van der Waals surface area contributed by atoms with E-state index < -0.39 is 0 Å². The van der Waals surface area contributed by atoms with Gasteiger partial charge < -0.3 is 24.8 Å². The molecule has 18 heavy (non-hydrogen) atoms. The van der Waals surface area contributed by atoms with Gasteiger partial charge in [-0.2, -0.15) is 0 Å². The molecule has 0 aliphatic heterocycles. The lowest BCUT2D eigenvalue weighted by Gasteiger charge is -2.28. The Balaban J connectivity index is 3.08. The number of ether oxygens (including phenoxy) is 3. The lowest BCUT2D eigenvalue weighted by atomic mass is 10.2. The smallest absolute Gasteiger partial charge is 0.162 e. The lowest BCUT2D eigenvalue weighted by Crippen LogP contribution is -2.33. The Hall–Kier alpha value is -1.62. The zero-order valence-corrected chi connectivity index (χ0v) is 11.7. The molecule has 1 rings (SSSR count). The molecule has 5 heteroatoms. The van der Waals surface area contributed by atoms with E-state index in [0.717, 1.165) is 5.69 Å². The van der Waals surface area contributed by atoms with Crippen LogP contribution < -0.4 is 20.1 Å². The first-order valence-corrected chi connectivity index (χ1v) is 5.78. The molecule has 0 fully saturated rings. The van der Waals surface area contributed by atoms with E-state index in [1.807, 2.05) is 13.1 Å². The van der Waals surface area contributed by atoms with Gasteiger partial charge in [-0.1, -0.05) is 0 Å². The van der Waals surface area contributed by atoms with Crippen molar-refractivity contribution in [2.45, 2.75) is 13.0 Å². The van der Waals surface area contributed by atoms with Gasteiger partial charge in [0.15, 0.2) is 11.5 Å². The van der Waals surface area contributed by atoms with Crippen LogP contribution in [0.2, 0.25) is 0 Å². The molecule has 1 aromatic carbocycles. The molecular formula is C13H22N2O3. The van der Waals surface area contributed by atoms with Crippen molar-refractivity contribution in [2.24, 2.45) is 0 Å². The predicted molar refractivity (Wildman–Crippen MR) is 73.7 cm³/mol. The second-order valence-electron chi connectivity index (χ2n) is 4.18. The minimum atomic E-state index is 0.218. The van der Waals surface area contributed by atoms with Crippen LogP contribution in [0.25, 0.3) is 0 Å². The van der Waals surface area contributed by atoms with Crippen LogP contribution in [0, 0.1) is 0 Å². The largest absolute Gasteiger partial charge is 0.493 e. The number of hydrogen-bond donors (Lipinski definition) is 1. The minimum Gasteiger partial charge on any atom is -0.493 e.